The van der Waals surface area contributed by atoms with Crippen molar-refractivity contribution >= 4 is 10.0 Å². The van der Waals surface area contributed by atoms with Crippen LogP contribution in [0.3, 0.4) is 0 Å². The van der Waals surface area contributed by atoms with Gasteiger partial charge in [-0.25, -0.2) is 8.42 Å². The zero-order chi connectivity index (χ0) is 17.7. The van der Waals surface area contributed by atoms with Crippen LogP contribution in [0.1, 0.15) is 6.92 Å². The molecule has 0 saturated carbocycles. The van der Waals surface area contributed by atoms with Crippen molar-refractivity contribution in [2.45, 2.75) is 17.9 Å². The van der Waals surface area contributed by atoms with Gasteiger partial charge in [0, 0.05) is 32.7 Å². The summed E-state index contributed by atoms with van der Waals surface area (Å²) in [6.45, 7) is 5.55. The number of nitrogens with zero attached hydrogens (tertiary/aromatic N) is 2. The Morgan fingerprint density at radius 3 is 2.25 bits per heavy atom. The number of benzene rings is 1. The Kier molecular flexibility index (Phi) is 6.45. The van der Waals surface area contributed by atoms with E-state index in [1.165, 1.54) is 18.5 Å². The van der Waals surface area contributed by atoms with Gasteiger partial charge in [0.2, 0.25) is 0 Å². The van der Waals surface area contributed by atoms with Gasteiger partial charge in [-0.1, -0.05) is 6.07 Å². The van der Waals surface area contributed by atoms with Crippen molar-refractivity contribution in [1.29, 1.82) is 0 Å². The van der Waals surface area contributed by atoms with Crippen LogP contribution in [0.25, 0.3) is 0 Å². The molecule has 136 valence electrons. The molecule has 1 atom stereocenters. The normalized spacial score (nSPS) is 17.7. The fourth-order valence-corrected chi connectivity index (χ4v) is 4.36. The number of hydrogen-bond donors (Lipinski definition) is 0. The van der Waals surface area contributed by atoms with Crippen molar-refractivity contribution in [3.8, 4) is 11.5 Å². The van der Waals surface area contributed by atoms with Crippen molar-refractivity contribution in [1.82, 2.24) is 9.21 Å². The van der Waals surface area contributed by atoms with E-state index in [1.54, 1.807) is 25.2 Å². The first-order valence-corrected chi connectivity index (χ1v) is 9.35. The first-order valence-electron chi connectivity index (χ1n) is 7.91. The predicted octanol–water partition coefficient (Wildman–Crippen LogP) is 1.04. The Morgan fingerprint density at radius 2 is 1.75 bits per heavy atom. The zero-order valence-electron chi connectivity index (χ0n) is 14.7. The number of sulfonamides is 1. The second-order valence-corrected chi connectivity index (χ2v) is 7.71. The minimum absolute atomic E-state index is 0.0614. The van der Waals surface area contributed by atoms with E-state index in [9.17, 15) is 8.42 Å². The molecule has 1 aliphatic heterocycles. The Hall–Kier alpha value is -1.35. The van der Waals surface area contributed by atoms with Crippen LogP contribution < -0.4 is 9.47 Å². The molecule has 0 N–H and O–H groups in total. The van der Waals surface area contributed by atoms with Gasteiger partial charge in [-0.05, 0) is 19.1 Å². The van der Waals surface area contributed by atoms with Crippen LogP contribution in [-0.2, 0) is 14.8 Å². The molecular weight excluding hydrogens is 332 g/mol. The molecule has 1 unspecified atom stereocenters. The largest absolute Gasteiger partial charge is 0.495 e. The standard InChI is InChI=1S/C16H26N2O5S/c1-13(12-18-8-10-23-11-9-18)17(2)24(19,20)16-14(21-3)6-5-7-15(16)22-4/h5-7,13H,8-12H2,1-4H3. The van der Waals surface area contributed by atoms with Gasteiger partial charge >= 0.3 is 0 Å². The highest BCUT2D eigenvalue weighted by Crippen LogP contribution is 2.35. The molecule has 2 rings (SSSR count). The van der Waals surface area contributed by atoms with E-state index in [2.05, 4.69) is 4.90 Å². The number of morpholine rings is 1. The molecule has 0 bridgehead atoms. The highest BCUT2D eigenvalue weighted by atomic mass is 32.2. The van der Waals surface area contributed by atoms with Gasteiger partial charge in [0.05, 0.1) is 27.4 Å². The molecule has 1 saturated heterocycles. The van der Waals surface area contributed by atoms with Gasteiger partial charge < -0.3 is 14.2 Å². The van der Waals surface area contributed by atoms with E-state index in [-0.39, 0.29) is 22.4 Å². The van der Waals surface area contributed by atoms with Crippen LogP contribution in [0.5, 0.6) is 11.5 Å². The maximum Gasteiger partial charge on any atom is 0.250 e. The van der Waals surface area contributed by atoms with Crippen molar-refractivity contribution < 1.29 is 22.6 Å². The SMILES string of the molecule is COc1cccc(OC)c1S(=O)(=O)N(C)C(C)CN1CCOCC1. The highest BCUT2D eigenvalue weighted by molar-refractivity contribution is 7.89. The van der Waals surface area contributed by atoms with Crippen molar-refractivity contribution in [2.75, 3.05) is 54.1 Å². The van der Waals surface area contributed by atoms with Gasteiger partial charge in [0.1, 0.15) is 11.5 Å². The van der Waals surface area contributed by atoms with E-state index in [0.717, 1.165) is 13.1 Å². The molecule has 1 aromatic rings. The molecule has 1 heterocycles. The van der Waals surface area contributed by atoms with Crippen LogP contribution in [0.2, 0.25) is 0 Å². The highest BCUT2D eigenvalue weighted by Gasteiger charge is 2.32. The number of hydrogen-bond acceptors (Lipinski definition) is 6. The molecule has 0 aromatic heterocycles. The molecule has 1 aromatic carbocycles. The van der Waals surface area contributed by atoms with E-state index in [4.69, 9.17) is 14.2 Å². The molecular formula is C16H26N2O5S. The summed E-state index contributed by atoms with van der Waals surface area (Å²) in [6, 6.07) is 4.75. The molecule has 0 amide bonds. The van der Waals surface area contributed by atoms with Gasteiger partial charge in [0.25, 0.3) is 10.0 Å². The third-order valence-electron chi connectivity index (χ3n) is 4.27. The van der Waals surface area contributed by atoms with E-state index >= 15 is 0 Å². The quantitative estimate of drug-likeness (QED) is 0.726. The first-order chi connectivity index (χ1) is 11.4. The summed E-state index contributed by atoms with van der Waals surface area (Å²) in [5.74, 6) is 0.555. The lowest BCUT2D eigenvalue weighted by Crippen LogP contribution is -2.46. The molecule has 8 heteroatoms. The predicted molar refractivity (Wildman–Crippen MR) is 91.2 cm³/mol. The van der Waals surface area contributed by atoms with E-state index in [1.807, 2.05) is 6.92 Å². The van der Waals surface area contributed by atoms with Gasteiger partial charge in [-0.3, -0.25) is 4.90 Å². The second-order valence-electron chi connectivity index (χ2n) is 5.77. The van der Waals surface area contributed by atoms with Gasteiger partial charge in [-0.15, -0.1) is 0 Å². The minimum Gasteiger partial charge on any atom is -0.495 e. The summed E-state index contributed by atoms with van der Waals surface area (Å²) < 4.78 is 43.4. The van der Waals surface area contributed by atoms with Crippen LogP contribution in [0.15, 0.2) is 23.1 Å². The summed E-state index contributed by atoms with van der Waals surface area (Å²) in [6.07, 6.45) is 0. The summed E-state index contributed by atoms with van der Waals surface area (Å²) in [5.41, 5.74) is 0. The average molecular weight is 358 g/mol. The second kappa shape index (κ2) is 8.15. The minimum atomic E-state index is -3.75. The lowest BCUT2D eigenvalue weighted by Gasteiger charge is -2.32. The van der Waals surface area contributed by atoms with E-state index in [0.29, 0.717) is 19.8 Å². The summed E-state index contributed by atoms with van der Waals surface area (Å²) in [7, 11) is 0.739. The monoisotopic (exact) mass is 358 g/mol. The number of rotatable bonds is 7. The molecule has 1 aliphatic rings. The third-order valence-corrected chi connectivity index (χ3v) is 6.30. The van der Waals surface area contributed by atoms with Gasteiger partial charge in [0.15, 0.2) is 4.90 Å². The Morgan fingerprint density at radius 1 is 1.21 bits per heavy atom. The topological polar surface area (TPSA) is 68.3 Å². The van der Waals surface area contributed by atoms with Crippen LogP contribution in [0.4, 0.5) is 0 Å². The smallest absolute Gasteiger partial charge is 0.250 e. The maximum atomic E-state index is 13.1. The zero-order valence-corrected chi connectivity index (χ0v) is 15.5. The fraction of sp³-hybridized carbons (Fsp3) is 0.625. The summed E-state index contributed by atoms with van der Waals surface area (Å²) in [5, 5.41) is 0. The van der Waals surface area contributed by atoms with Gasteiger partial charge in [-0.2, -0.15) is 4.31 Å². The molecule has 0 aliphatic carbocycles. The molecule has 0 spiro atoms. The third kappa shape index (κ3) is 4.00. The van der Waals surface area contributed by atoms with Crippen molar-refractivity contribution in [3.63, 3.8) is 0 Å². The van der Waals surface area contributed by atoms with Crippen molar-refractivity contribution in [3.05, 3.63) is 18.2 Å². The van der Waals surface area contributed by atoms with Crippen LogP contribution in [0, 0.1) is 0 Å². The summed E-state index contributed by atoms with van der Waals surface area (Å²) in [4.78, 5) is 2.27. The van der Waals surface area contributed by atoms with Crippen molar-refractivity contribution in [2.24, 2.45) is 0 Å². The Labute approximate surface area is 144 Å². The number of methoxy groups -OCH3 is 2. The van der Waals surface area contributed by atoms with Crippen LogP contribution >= 0.6 is 0 Å². The molecule has 1 fully saturated rings. The first kappa shape index (κ1) is 19.0. The lowest BCUT2D eigenvalue weighted by molar-refractivity contribution is 0.0314. The van der Waals surface area contributed by atoms with E-state index < -0.39 is 10.0 Å². The molecule has 7 nitrogen and oxygen atoms in total. The number of likely N-dealkylation sites (N-methyl/N-ethyl adjacent to an activating group) is 1. The Balaban J connectivity index is 2.25. The molecule has 24 heavy (non-hydrogen) atoms. The molecule has 0 radical (unpaired) electrons. The maximum absolute atomic E-state index is 13.1. The lowest BCUT2D eigenvalue weighted by atomic mass is 10.3. The number of ether oxygens (including phenoxy) is 3. The Bertz CT molecular complexity index is 622. The average Bonchev–Trinajstić information content (AvgIpc) is 2.60. The van der Waals surface area contributed by atoms with Crippen LogP contribution in [-0.4, -0.2) is 77.8 Å². The fourth-order valence-electron chi connectivity index (χ4n) is 2.72. The summed E-state index contributed by atoms with van der Waals surface area (Å²) >= 11 is 0.